The van der Waals surface area contributed by atoms with E-state index in [1.54, 1.807) is 33.4 Å². The van der Waals surface area contributed by atoms with Crippen molar-refractivity contribution >= 4 is 68.2 Å². The molecule has 0 aliphatic heterocycles. The normalized spacial score (nSPS) is 12.3. The van der Waals surface area contributed by atoms with Crippen molar-refractivity contribution in [1.82, 2.24) is 9.13 Å². The van der Waals surface area contributed by atoms with Gasteiger partial charge in [0.25, 0.3) is 11.8 Å². The minimum Gasteiger partial charge on any atom is -0.493 e. The third-order valence-electron chi connectivity index (χ3n) is 7.41. The Hall–Kier alpha value is -3.76. The largest absolute Gasteiger partial charge is 0.493 e. The first-order valence-electron chi connectivity index (χ1n) is 14.9. The Morgan fingerprint density at radius 1 is 0.659 bits per heavy atom. The maximum absolute atomic E-state index is 12.3. The van der Waals surface area contributed by atoms with Crippen molar-refractivity contribution in [3.05, 3.63) is 46.4 Å². The lowest BCUT2D eigenvalue weighted by atomic mass is 10.1. The van der Waals surface area contributed by atoms with Crippen LogP contribution >= 0.6 is 23.2 Å². The number of fused-ring (bicyclic) bond motifs is 2. The van der Waals surface area contributed by atoms with Crippen LogP contribution in [0.4, 0.5) is 11.4 Å². The number of hydrogen-bond donors (Lipinski definition) is 2. The second kappa shape index (κ2) is 14.8. The molecule has 0 spiro atoms. The zero-order valence-electron chi connectivity index (χ0n) is 25.4. The SMILES string of the molecule is CC(C)n1c(O)c(N=NC(=O)CCCCCCCCC(=O)N=Nc2c(O)n(C(C)C)c3ccc(Cl)cc23)c2cc(Cl)ccc21. The van der Waals surface area contributed by atoms with Gasteiger partial charge in [-0.05, 0) is 76.9 Å². The number of aromatic hydroxyl groups is 2. The van der Waals surface area contributed by atoms with E-state index >= 15 is 0 Å². The predicted molar refractivity (Wildman–Crippen MR) is 174 cm³/mol. The molecule has 10 nitrogen and oxygen atoms in total. The number of amides is 2. The number of unbranched alkanes of at least 4 members (excludes halogenated alkanes) is 5. The molecule has 0 aliphatic rings. The Kier molecular flexibility index (Phi) is 11.2. The van der Waals surface area contributed by atoms with Crippen molar-refractivity contribution in [3.8, 4) is 11.8 Å². The number of azo groups is 2. The second-order valence-corrected chi connectivity index (χ2v) is 12.3. The lowest BCUT2D eigenvalue weighted by Crippen LogP contribution is -1.98. The van der Waals surface area contributed by atoms with Crippen molar-refractivity contribution in [2.45, 2.75) is 91.1 Å². The molecule has 234 valence electrons. The maximum atomic E-state index is 12.3. The molecule has 0 unspecified atom stereocenters. The van der Waals surface area contributed by atoms with Gasteiger partial charge in [0, 0.05) is 45.7 Å². The summed E-state index contributed by atoms with van der Waals surface area (Å²) in [5.74, 6) is -0.790. The second-order valence-electron chi connectivity index (χ2n) is 11.4. The molecule has 0 fully saturated rings. The van der Waals surface area contributed by atoms with E-state index in [1.165, 1.54) is 0 Å². The van der Waals surface area contributed by atoms with Gasteiger partial charge >= 0.3 is 0 Å². The third-order valence-corrected chi connectivity index (χ3v) is 7.88. The van der Waals surface area contributed by atoms with E-state index in [4.69, 9.17) is 23.2 Å². The van der Waals surface area contributed by atoms with Gasteiger partial charge in [-0.15, -0.1) is 20.5 Å². The van der Waals surface area contributed by atoms with Crippen LogP contribution in [-0.4, -0.2) is 31.2 Å². The van der Waals surface area contributed by atoms with Gasteiger partial charge in [0.2, 0.25) is 11.8 Å². The number of rotatable bonds is 13. The Balaban J connectivity index is 1.18. The number of aromatic nitrogens is 2. The van der Waals surface area contributed by atoms with Crippen LogP contribution in [0.1, 0.15) is 91.1 Å². The molecule has 0 atom stereocenters. The highest BCUT2D eigenvalue weighted by molar-refractivity contribution is 6.32. The minimum atomic E-state index is -0.349. The molecule has 2 heterocycles. The quantitative estimate of drug-likeness (QED) is 0.111. The molecule has 0 bridgehead atoms. The van der Waals surface area contributed by atoms with E-state index in [0.717, 1.165) is 36.7 Å². The lowest BCUT2D eigenvalue weighted by Gasteiger charge is -2.10. The molecule has 0 saturated carbocycles. The van der Waals surface area contributed by atoms with Crippen molar-refractivity contribution in [3.63, 3.8) is 0 Å². The van der Waals surface area contributed by atoms with Gasteiger partial charge < -0.3 is 19.3 Å². The van der Waals surface area contributed by atoms with Gasteiger partial charge in [0.1, 0.15) is 0 Å². The van der Waals surface area contributed by atoms with E-state index < -0.39 is 0 Å². The van der Waals surface area contributed by atoms with Crippen LogP contribution < -0.4 is 0 Å². The van der Waals surface area contributed by atoms with E-state index in [2.05, 4.69) is 20.5 Å². The van der Waals surface area contributed by atoms with Crippen molar-refractivity contribution in [2.24, 2.45) is 20.5 Å². The van der Waals surface area contributed by atoms with E-state index in [-0.39, 0.29) is 59.9 Å². The first kappa shape index (κ1) is 33.1. The zero-order valence-corrected chi connectivity index (χ0v) is 26.9. The summed E-state index contributed by atoms with van der Waals surface area (Å²) in [5, 5.41) is 39.5. The molecular weight excluding hydrogens is 603 g/mol. The van der Waals surface area contributed by atoms with Gasteiger partial charge in [-0.1, -0.05) is 48.9 Å². The van der Waals surface area contributed by atoms with Crippen LogP contribution in [0.2, 0.25) is 10.0 Å². The summed E-state index contributed by atoms with van der Waals surface area (Å²) in [7, 11) is 0. The molecule has 4 aromatic rings. The van der Waals surface area contributed by atoms with Crippen LogP contribution in [0, 0.1) is 0 Å². The lowest BCUT2D eigenvalue weighted by molar-refractivity contribution is -0.119. The van der Waals surface area contributed by atoms with Gasteiger partial charge in [0.05, 0.1) is 11.0 Å². The number of carbonyl (C=O) groups is 2. The number of benzene rings is 2. The summed E-state index contributed by atoms with van der Waals surface area (Å²) in [6.45, 7) is 7.78. The van der Waals surface area contributed by atoms with Crippen LogP contribution in [-0.2, 0) is 9.59 Å². The highest BCUT2D eigenvalue weighted by Gasteiger charge is 2.20. The standard InChI is InChI=1S/C32H38Cl2N6O4/c1-19(2)39-25-15-13-21(33)17-23(25)29(31(39)43)37-35-27(41)11-9-7-5-6-8-10-12-28(42)36-38-30-24-18-22(34)14-16-26(24)40(20(3)4)32(30)44/h13-20,43-44H,5-12H2,1-4H3. The average Bonchev–Trinajstić information content (AvgIpc) is 3.40. The maximum Gasteiger partial charge on any atom is 0.264 e. The summed E-state index contributed by atoms with van der Waals surface area (Å²) in [6.07, 6.45) is 5.42. The molecule has 0 aliphatic carbocycles. The van der Waals surface area contributed by atoms with Crippen molar-refractivity contribution in [1.29, 1.82) is 0 Å². The molecule has 2 aromatic heterocycles. The molecule has 2 amide bonds. The predicted octanol–water partition coefficient (Wildman–Crippen LogP) is 10.5. The number of carbonyl (C=O) groups excluding carboxylic acids is 2. The Labute approximate surface area is 266 Å². The number of halogens is 2. The van der Waals surface area contributed by atoms with Crippen LogP contribution in [0.25, 0.3) is 21.8 Å². The number of hydrogen-bond acceptors (Lipinski definition) is 6. The third kappa shape index (κ3) is 7.65. The molecule has 2 N–H and O–H groups in total. The Morgan fingerprint density at radius 2 is 1.02 bits per heavy atom. The van der Waals surface area contributed by atoms with Gasteiger partial charge in [-0.2, -0.15) is 0 Å². The fourth-order valence-electron chi connectivity index (χ4n) is 5.33. The molecule has 4 rings (SSSR count). The number of nitrogens with zero attached hydrogens (tertiary/aromatic N) is 6. The average molecular weight is 642 g/mol. The summed E-state index contributed by atoms with van der Waals surface area (Å²) in [5.41, 5.74) is 2.02. The summed E-state index contributed by atoms with van der Waals surface area (Å²) >= 11 is 12.3. The minimum absolute atomic E-state index is 0.0146. The molecule has 44 heavy (non-hydrogen) atoms. The summed E-state index contributed by atoms with van der Waals surface area (Å²) in [4.78, 5) is 24.7. The van der Waals surface area contributed by atoms with E-state index in [0.29, 0.717) is 33.7 Å². The van der Waals surface area contributed by atoms with Crippen LogP contribution in [0.3, 0.4) is 0 Å². The first-order chi connectivity index (χ1) is 21.0. The summed E-state index contributed by atoms with van der Waals surface area (Å²) < 4.78 is 3.46. The Morgan fingerprint density at radius 3 is 1.39 bits per heavy atom. The highest BCUT2D eigenvalue weighted by Crippen LogP contribution is 2.43. The molecule has 2 aromatic carbocycles. The smallest absolute Gasteiger partial charge is 0.264 e. The topological polar surface area (TPSA) is 134 Å². The molecular formula is C32H38Cl2N6O4. The van der Waals surface area contributed by atoms with Crippen molar-refractivity contribution in [2.75, 3.05) is 0 Å². The van der Waals surface area contributed by atoms with Crippen molar-refractivity contribution < 1.29 is 19.8 Å². The van der Waals surface area contributed by atoms with Gasteiger partial charge in [-0.3, -0.25) is 9.59 Å². The highest BCUT2D eigenvalue weighted by atomic mass is 35.5. The molecule has 12 heteroatoms. The van der Waals surface area contributed by atoms with Crippen LogP contribution in [0.5, 0.6) is 11.8 Å². The first-order valence-corrected chi connectivity index (χ1v) is 15.7. The fraction of sp³-hybridized carbons (Fsp3) is 0.438. The zero-order chi connectivity index (χ0) is 32.0. The fourth-order valence-corrected chi connectivity index (χ4v) is 5.67. The van der Waals surface area contributed by atoms with Crippen LogP contribution in [0.15, 0.2) is 56.9 Å². The van der Waals surface area contributed by atoms with Gasteiger partial charge in [0.15, 0.2) is 11.4 Å². The molecule has 0 saturated heterocycles. The molecule has 0 radical (unpaired) electrons. The van der Waals surface area contributed by atoms with E-state index in [1.807, 2.05) is 39.8 Å². The summed E-state index contributed by atoms with van der Waals surface area (Å²) in [6, 6.07) is 10.5. The Bertz CT molecular complexity index is 1600. The van der Waals surface area contributed by atoms with E-state index in [9.17, 15) is 19.8 Å². The van der Waals surface area contributed by atoms with Gasteiger partial charge in [-0.25, -0.2) is 0 Å². The monoisotopic (exact) mass is 640 g/mol.